The fraction of sp³-hybridized carbons (Fsp3) is 0.556. The first-order chi connectivity index (χ1) is 5.65. The lowest BCUT2D eigenvalue weighted by Gasteiger charge is -1.97. The lowest BCUT2D eigenvalue weighted by atomic mass is 10.2. The first-order valence-corrected chi connectivity index (χ1v) is 4.19. The molecule has 66 valence electrons. The Labute approximate surface area is 72.4 Å². The average molecular weight is 166 g/mol. The molecule has 0 atom stereocenters. The van der Waals surface area contributed by atoms with Crippen molar-refractivity contribution in [2.24, 2.45) is 7.05 Å². The molecular formula is C9H14N2O. The van der Waals surface area contributed by atoms with Gasteiger partial charge in [-0.3, -0.25) is 9.48 Å². The Morgan fingerprint density at radius 3 is 2.75 bits per heavy atom. The summed E-state index contributed by atoms with van der Waals surface area (Å²) in [6, 6.07) is 1.83. The molecule has 0 fully saturated rings. The van der Waals surface area contributed by atoms with Crippen molar-refractivity contribution in [2.75, 3.05) is 0 Å². The van der Waals surface area contributed by atoms with E-state index in [4.69, 9.17) is 0 Å². The molecule has 0 aliphatic heterocycles. The molecule has 1 heterocycles. The number of aryl methyl sites for hydroxylation is 2. The lowest BCUT2D eigenvalue weighted by molar-refractivity contribution is 0.0972. The smallest absolute Gasteiger partial charge is 0.180 e. The zero-order chi connectivity index (χ0) is 9.14. The first kappa shape index (κ1) is 8.97. The minimum atomic E-state index is 0.181. The fourth-order valence-corrected chi connectivity index (χ4v) is 1.23. The molecule has 12 heavy (non-hydrogen) atoms. The van der Waals surface area contributed by atoms with Gasteiger partial charge >= 0.3 is 0 Å². The van der Waals surface area contributed by atoms with Gasteiger partial charge in [-0.25, -0.2) is 0 Å². The lowest BCUT2D eigenvalue weighted by Crippen LogP contribution is -2.05. The van der Waals surface area contributed by atoms with Gasteiger partial charge in [0.15, 0.2) is 5.78 Å². The maximum atomic E-state index is 11.4. The molecule has 1 aromatic rings. The molecule has 0 saturated heterocycles. The van der Waals surface area contributed by atoms with E-state index in [-0.39, 0.29) is 5.78 Å². The third-order valence-electron chi connectivity index (χ3n) is 1.76. The van der Waals surface area contributed by atoms with Crippen LogP contribution in [-0.2, 0) is 7.05 Å². The number of Topliss-reactive ketones (excluding diaryl/α,β-unsaturated/α-hetero) is 1. The molecular weight excluding hydrogens is 152 g/mol. The molecule has 0 aliphatic carbocycles. The highest BCUT2D eigenvalue weighted by atomic mass is 16.1. The highest BCUT2D eigenvalue weighted by Gasteiger charge is 2.09. The van der Waals surface area contributed by atoms with Crippen LogP contribution < -0.4 is 0 Å². The summed E-state index contributed by atoms with van der Waals surface area (Å²) in [4.78, 5) is 11.4. The molecule has 0 bridgehead atoms. The van der Waals surface area contributed by atoms with Crippen molar-refractivity contribution < 1.29 is 4.79 Å². The van der Waals surface area contributed by atoms with E-state index in [1.165, 1.54) is 0 Å². The Bertz CT molecular complexity index is 289. The Kier molecular flexibility index (Phi) is 2.63. The van der Waals surface area contributed by atoms with E-state index < -0.39 is 0 Å². The van der Waals surface area contributed by atoms with Crippen LogP contribution in [0.25, 0.3) is 0 Å². The number of aromatic nitrogens is 2. The van der Waals surface area contributed by atoms with Crippen LogP contribution in [0.1, 0.15) is 35.9 Å². The zero-order valence-corrected chi connectivity index (χ0v) is 7.79. The van der Waals surface area contributed by atoms with Gasteiger partial charge in [0.2, 0.25) is 0 Å². The van der Waals surface area contributed by atoms with Crippen molar-refractivity contribution in [3.05, 3.63) is 17.5 Å². The molecule has 0 unspecified atom stereocenters. The SMILES string of the molecule is CCCC(=O)c1cc(C)nn1C. The summed E-state index contributed by atoms with van der Waals surface area (Å²) in [5.74, 6) is 0.181. The van der Waals surface area contributed by atoms with Crippen LogP contribution in [0.15, 0.2) is 6.07 Å². The number of hydrogen-bond acceptors (Lipinski definition) is 2. The van der Waals surface area contributed by atoms with Gasteiger partial charge in [0.25, 0.3) is 0 Å². The largest absolute Gasteiger partial charge is 0.292 e. The van der Waals surface area contributed by atoms with Gasteiger partial charge in [0.1, 0.15) is 5.69 Å². The predicted molar refractivity (Wildman–Crippen MR) is 47.2 cm³/mol. The fourth-order valence-electron chi connectivity index (χ4n) is 1.23. The summed E-state index contributed by atoms with van der Waals surface area (Å²) in [7, 11) is 1.80. The average Bonchev–Trinajstić information content (AvgIpc) is 2.30. The molecule has 0 aliphatic rings. The van der Waals surface area contributed by atoms with Gasteiger partial charge in [0, 0.05) is 13.5 Å². The van der Waals surface area contributed by atoms with Crippen molar-refractivity contribution in [3.8, 4) is 0 Å². The molecule has 3 heteroatoms. The summed E-state index contributed by atoms with van der Waals surface area (Å²) < 4.78 is 1.65. The van der Waals surface area contributed by atoms with E-state index >= 15 is 0 Å². The number of carbonyl (C=O) groups is 1. The highest BCUT2D eigenvalue weighted by molar-refractivity contribution is 5.94. The van der Waals surface area contributed by atoms with Gasteiger partial charge < -0.3 is 0 Å². The van der Waals surface area contributed by atoms with E-state index in [9.17, 15) is 4.79 Å². The number of carbonyl (C=O) groups excluding carboxylic acids is 1. The van der Waals surface area contributed by atoms with E-state index in [2.05, 4.69) is 5.10 Å². The number of ketones is 1. The minimum Gasteiger partial charge on any atom is -0.292 e. The van der Waals surface area contributed by atoms with Crippen molar-refractivity contribution in [3.63, 3.8) is 0 Å². The second-order valence-electron chi connectivity index (χ2n) is 2.97. The first-order valence-electron chi connectivity index (χ1n) is 4.19. The van der Waals surface area contributed by atoms with Crippen molar-refractivity contribution in [1.82, 2.24) is 9.78 Å². The van der Waals surface area contributed by atoms with Crippen LogP contribution in [0.3, 0.4) is 0 Å². The minimum absolute atomic E-state index is 0.181. The number of rotatable bonds is 3. The molecule has 0 radical (unpaired) electrons. The summed E-state index contributed by atoms with van der Waals surface area (Å²) >= 11 is 0. The number of hydrogen-bond donors (Lipinski definition) is 0. The van der Waals surface area contributed by atoms with E-state index in [0.717, 1.165) is 12.1 Å². The summed E-state index contributed by atoms with van der Waals surface area (Å²) in [6.07, 6.45) is 1.50. The standard InChI is InChI=1S/C9H14N2O/c1-4-5-9(12)8-6-7(2)10-11(8)3/h6H,4-5H2,1-3H3. The maximum Gasteiger partial charge on any atom is 0.180 e. The number of nitrogens with zero attached hydrogens (tertiary/aromatic N) is 2. The molecule has 0 N–H and O–H groups in total. The molecule has 1 aromatic heterocycles. The van der Waals surface area contributed by atoms with Crippen molar-refractivity contribution in [2.45, 2.75) is 26.7 Å². The third-order valence-corrected chi connectivity index (χ3v) is 1.76. The summed E-state index contributed by atoms with van der Waals surface area (Å²) in [5, 5.41) is 4.11. The molecule has 0 saturated carbocycles. The van der Waals surface area contributed by atoms with Crippen LogP contribution in [0, 0.1) is 6.92 Å². The topological polar surface area (TPSA) is 34.9 Å². The van der Waals surface area contributed by atoms with Crippen LogP contribution >= 0.6 is 0 Å². The van der Waals surface area contributed by atoms with Crippen LogP contribution in [0.2, 0.25) is 0 Å². The van der Waals surface area contributed by atoms with E-state index in [1.54, 1.807) is 11.7 Å². The Morgan fingerprint density at radius 1 is 1.67 bits per heavy atom. The van der Waals surface area contributed by atoms with Gasteiger partial charge in [-0.1, -0.05) is 6.92 Å². The van der Waals surface area contributed by atoms with Crippen LogP contribution in [0.5, 0.6) is 0 Å². The summed E-state index contributed by atoms with van der Waals surface area (Å²) in [5.41, 5.74) is 1.62. The van der Waals surface area contributed by atoms with Crippen LogP contribution in [0.4, 0.5) is 0 Å². The highest BCUT2D eigenvalue weighted by Crippen LogP contribution is 2.06. The quantitative estimate of drug-likeness (QED) is 0.641. The van der Waals surface area contributed by atoms with Gasteiger partial charge in [0.05, 0.1) is 5.69 Å². The predicted octanol–water partition coefficient (Wildman–Crippen LogP) is 1.71. The Morgan fingerprint density at radius 2 is 2.33 bits per heavy atom. The summed E-state index contributed by atoms with van der Waals surface area (Å²) in [6.45, 7) is 3.89. The van der Waals surface area contributed by atoms with Gasteiger partial charge in [-0.05, 0) is 19.4 Å². The molecule has 0 spiro atoms. The molecule has 0 aromatic carbocycles. The third kappa shape index (κ3) is 1.72. The molecule has 1 rings (SSSR count). The Hall–Kier alpha value is -1.12. The van der Waals surface area contributed by atoms with Crippen molar-refractivity contribution >= 4 is 5.78 Å². The van der Waals surface area contributed by atoms with E-state index in [0.29, 0.717) is 12.1 Å². The monoisotopic (exact) mass is 166 g/mol. The Balaban J connectivity index is 2.87. The zero-order valence-electron chi connectivity index (χ0n) is 7.79. The second-order valence-corrected chi connectivity index (χ2v) is 2.97. The second kappa shape index (κ2) is 3.52. The van der Waals surface area contributed by atoms with Gasteiger partial charge in [-0.15, -0.1) is 0 Å². The normalized spacial score (nSPS) is 10.2. The van der Waals surface area contributed by atoms with Crippen LogP contribution in [-0.4, -0.2) is 15.6 Å². The maximum absolute atomic E-state index is 11.4. The van der Waals surface area contributed by atoms with E-state index in [1.807, 2.05) is 19.9 Å². The molecule has 0 amide bonds. The van der Waals surface area contributed by atoms with Gasteiger partial charge in [-0.2, -0.15) is 5.10 Å². The van der Waals surface area contributed by atoms with Crippen molar-refractivity contribution in [1.29, 1.82) is 0 Å². The molecule has 3 nitrogen and oxygen atoms in total.